The molecular formula is C17H24FN5O5S. The van der Waals surface area contributed by atoms with Gasteiger partial charge >= 0.3 is 16.2 Å². The maximum Gasteiger partial charge on any atom is 0.326 e. The number of nitrogens with one attached hydrogen (secondary N) is 3. The van der Waals surface area contributed by atoms with Gasteiger partial charge in [-0.3, -0.25) is 4.79 Å². The number of phenols is 1. The molecule has 0 saturated carbocycles. The number of rotatable bonds is 6. The molecule has 4 N–H and O–H groups in total. The number of likely N-dealkylation sites (tertiary alicyclic amines) is 1. The first kappa shape index (κ1) is 21.1. The van der Waals surface area contributed by atoms with Gasteiger partial charge in [0.25, 0.3) is 5.91 Å². The van der Waals surface area contributed by atoms with E-state index < -0.39 is 45.9 Å². The van der Waals surface area contributed by atoms with Gasteiger partial charge in [-0.15, -0.1) is 0 Å². The number of nitrogens with zero attached hydrogens (tertiary/aromatic N) is 2. The van der Waals surface area contributed by atoms with Crippen LogP contribution < -0.4 is 19.7 Å². The number of carbonyl (C=O) groups excluding carboxylic acids is 2. The molecule has 1 aromatic rings. The number of benzene rings is 1. The Kier molecular flexibility index (Phi) is 6.42. The Bertz CT molecular complexity index is 865. The first-order chi connectivity index (χ1) is 13.8. The molecule has 2 aliphatic heterocycles. The van der Waals surface area contributed by atoms with E-state index in [0.29, 0.717) is 10.8 Å². The van der Waals surface area contributed by atoms with Gasteiger partial charge in [-0.05, 0) is 45.0 Å². The second-order valence-corrected chi connectivity index (χ2v) is 8.59. The second kappa shape index (κ2) is 8.82. The van der Waals surface area contributed by atoms with Crippen molar-refractivity contribution in [2.24, 2.45) is 0 Å². The minimum atomic E-state index is -4.26. The zero-order valence-electron chi connectivity index (χ0n) is 15.8. The highest BCUT2D eigenvalue weighted by Gasteiger charge is 2.37. The van der Waals surface area contributed by atoms with Crippen LogP contribution in [-0.2, 0) is 15.0 Å². The SMILES string of the molecule is O=C1CN(c2c(O)cc(NC(=O)NCCCN3CCCCC3)cc2F)S(=O)(=O)N1. The number of hydrogen-bond acceptors (Lipinski definition) is 6. The molecule has 29 heavy (non-hydrogen) atoms. The molecule has 0 bridgehead atoms. The molecule has 0 spiro atoms. The molecule has 0 atom stereocenters. The summed E-state index contributed by atoms with van der Waals surface area (Å²) in [5.74, 6) is -2.65. The lowest BCUT2D eigenvalue weighted by atomic mass is 10.1. The van der Waals surface area contributed by atoms with Gasteiger partial charge in [0.15, 0.2) is 5.82 Å². The Morgan fingerprint density at radius 3 is 2.59 bits per heavy atom. The van der Waals surface area contributed by atoms with E-state index in [-0.39, 0.29) is 5.69 Å². The Labute approximate surface area is 168 Å². The van der Waals surface area contributed by atoms with Crippen molar-refractivity contribution in [3.05, 3.63) is 17.9 Å². The van der Waals surface area contributed by atoms with Gasteiger partial charge in [0.05, 0.1) is 0 Å². The molecule has 12 heteroatoms. The van der Waals surface area contributed by atoms with Crippen LogP contribution in [0.15, 0.2) is 12.1 Å². The molecule has 0 unspecified atom stereocenters. The monoisotopic (exact) mass is 429 g/mol. The first-order valence-electron chi connectivity index (χ1n) is 9.39. The fourth-order valence-corrected chi connectivity index (χ4v) is 4.58. The predicted molar refractivity (Wildman–Crippen MR) is 104 cm³/mol. The topological polar surface area (TPSA) is 131 Å². The van der Waals surface area contributed by atoms with Crippen LogP contribution in [0.1, 0.15) is 25.7 Å². The van der Waals surface area contributed by atoms with E-state index >= 15 is 0 Å². The molecule has 0 aromatic heterocycles. The minimum Gasteiger partial charge on any atom is -0.506 e. The Morgan fingerprint density at radius 1 is 1.24 bits per heavy atom. The van der Waals surface area contributed by atoms with Crippen molar-refractivity contribution in [2.45, 2.75) is 25.7 Å². The molecule has 0 radical (unpaired) electrons. The van der Waals surface area contributed by atoms with Gasteiger partial charge in [-0.25, -0.2) is 18.2 Å². The first-order valence-corrected chi connectivity index (χ1v) is 10.8. The van der Waals surface area contributed by atoms with Crippen molar-refractivity contribution in [1.29, 1.82) is 0 Å². The number of hydrogen-bond donors (Lipinski definition) is 4. The smallest absolute Gasteiger partial charge is 0.326 e. The summed E-state index contributed by atoms with van der Waals surface area (Å²) in [6, 6.07) is 1.32. The average Bonchev–Trinajstić information content (AvgIpc) is 2.91. The largest absolute Gasteiger partial charge is 0.506 e. The van der Waals surface area contributed by atoms with Crippen molar-refractivity contribution >= 4 is 33.5 Å². The zero-order valence-corrected chi connectivity index (χ0v) is 16.6. The van der Waals surface area contributed by atoms with Crippen molar-refractivity contribution in [3.8, 4) is 5.75 Å². The molecule has 3 rings (SSSR count). The van der Waals surface area contributed by atoms with Crippen molar-refractivity contribution in [2.75, 3.05) is 42.3 Å². The van der Waals surface area contributed by atoms with Crippen LogP contribution in [0.4, 0.5) is 20.6 Å². The molecule has 2 fully saturated rings. The van der Waals surface area contributed by atoms with E-state index in [0.717, 1.165) is 38.2 Å². The van der Waals surface area contributed by atoms with Gasteiger partial charge in [-0.1, -0.05) is 6.42 Å². The van der Waals surface area contributed by atoms with Crippen LogP contribution in [-0.4, -0.2) is 63.1 Å². The van der Waals surface area contributed by atoms with Crippen LogP contribution in [0.25, 0.3) is 0 Å². The lowest BCUT2D eigenvalue weighted by Gasteiger charge is -2.26. The molecule has 1 aromatic carbocycles. The third kappa shape index (κ3) is 5.26. The van der Waals surface area contributed by atoms with Crippen LogP contribution >= 0.6 is 0 Å². The summed E-state index contributed by atoms with van der Waals surface area (Å²) >= 11 is 0. The molecular weight excluding hydrogens is 405 g/mol. The van der Waals surface area contributed by atoms with Gasteiger partial charge in [-0.2, -0.15) is 8.42 Å². The summed E-state index contributed by atoms with van der Waals surface area (Å²) in [6.07, 6.45) is 4.43. The van der Waals surface area contributed by atoms with Crippen LogP contribution in [0, 0.1) is 5.82 Å². The molecule has 10 nitrogen and oxygen atoms in total. The highest BCUT2D eigenvalue weighted by Crippen LogP contribution is 2.35. The number of amides is 3. The summed E-state index contributed by atoms with van der Waals surface area (Å²) in [6.45, 7) is 2.84. The minimum absolute atomic E-state index is 0.0480. The Balaban J connectivity index is 1.55. The highest BCUT2D eigenvalue weighted by molar-refractivity contribution is 7.92. The van der Waals surface area contributed by atoms with E-state index in [9.17, 15) is 27.5 Å². The Morgan fingerprint density at radius 2 is 1.97 bits per heavy atom. The molecule has 160 valence electrons. The maximum atomic E-state index is 14.4. The quantitative estimate of drug-likeness (QED) is 0.493. The van der Waals surface area contributed by atoms with Gasteiger partial charge in [0.2, 0.25) is 0 Å². The molecule has 2 aliphatic rings. The van der Waals surface area contributed by atoms with E-state index in [1.807, 2.05) is 0 Å². The fourth-order valence-electron chi connectivity index (χ4n) is 3.41. The van der Waals surface area contributed by atoms with Gasteiger partial charge in [0.1, 0.15) is 18.0 Å². The summed E-state index contributed by atoms with van der Waals surface area (Å²) in [5, 5.41) is 15.1. The van der Waals surface area contributed by atoms with Crippen LogP contribution in [0.5, 0.6) is 5.75 Å². The van der Waals surface area contributed by atoms with Crippen LogP contribution in [0.2, 0.25) is 0 Å². The number of anilines is 2. The summed E-state index contributed by atoms with van der Waals surface area (Å²) in [7, 11) is -4.26. The Hall–Kier alpha value is -2.60. The van der Waals surface area contributed by atoms with Gasteiger partial charge in [0, 0.05) is 18.3 Å². The third-order valence-corrected chi connectivity index (χ3v) is 6.13. The molecule has 0 aliphatic carbocycles. The second-order valence-electron chi connectivity index (χ2n) is 7.00. The number of aromatic hydroxyl groups is 1. The number of urea groups is 1. The molecule has 2 heterocycles. The third-order valence-electron chi connectivity index (χ3n) is 4.76. The van der Waals surface area contributed by atoms with E-state index in [2.05, 4.69) is 15.5 Å². The van der Waals surface area contributed by atoms with E-state index in [1.165, 1.54) is 19.3 Å². The standard InChI is InChI=1S/C17H24FN5O5S/c18-13-9-12(10-14(24)16(13)23-11-15(25)21-29(23,27)28)20-17(26)19-5-4-8-22-6-2-1-3-7-22/h9-10,24H,1-8,11H2,(H,21,25)(H2,19,20,26). The zero-order chi connectivity index (χ0) is 21.0. The normalized spacial score (nSPS) is 19.1. The highest BCUT2D eigenvalue weighted by atomic mass is 32.2. The van der Waals surface area contributed by atoms with Gasteiger partial charge < -0.3 is 20.6 Å². The lowest BCUT2D eigenvalue weighted by molar-refractivity contribution is -0.117. The summed E-state index contributed by atoms with van der Waals surface area (Å²) < 4.78 is 40.2. The fraction of sp³-hybridized carbons (Fsp3) is 0.529. The van der Waals surface area contributed by atoms with Crippen molar-refractivity contribution < 1.29 is 27.5 Å². The van der Waals surface area contributed by atoms with E-state index in [4.69, 9.17) is 0 Å². The molecule has 3 amide bonds. The number of piperidine rings is 1. The van der Waals surface area contributed by atoms with Crippen molar-refractivity contribution in [3.63, 3.8) is 0 Å². The van der Waals surface area contributed by atoms with E-state index in [1.54, 1.807) is 4.72 Å². The number of halogens is 1. The number of phenolic OH excluding ortho intramolecular Hbond substituents is 1. The lowest BCUT2D eigenvalue weighted by Crippen LogP contribution is -2.34. The van der Waals surface area contributed by atoms with Crippen molar-refractivity contribution in [1.82, 2.24) is 14.9 Å². The average molecular weight is 429 g/mol. The predicted octanol–water partition coefficient (Wildman–Crippen LogP) is 0.710. The number of carbonyl (C=O) groups is 2. The van der Waals surface area contributed by atoms with Crippen LogP contribution in [0.3, 0.4) is 0 Å². The maximum absolute atomic E-state index is 14.4. The summed E-state index contributed by atoms with van der Waals surface area (Å²) in [5.41, 5.74) is -0.705. The molecule has 2 saturated heterocycles. The summed E-state index contributed by atoms with van der Waals surface area (Å²) in [4.78, 5) is 25.6.